The van der Waals surface area contributed by atoms with Crippen LogP contribution in [0.25, 0.3) is 11.1 Å². The Balaban J connectivity index is 2.00. The number of aliphatic carboxylic acids is 1. The molecule has 0 spiro atoms. The fourth-order valence-electron chi connectivity index (χ4n) is 3.01. The fourth-order valence-corrected chi connectivity index (χ4v) is 3.01. The summed E-state index contributed by atoms with van der Waals surface area (Å²) in [4.78, 5) is 15.5. The number of aliphatic hydroxyl groups excluding tert-OH is 1. The number of pyridine rings is 1. The molecule has 2 aromatic rings. The lowest BCUT2D eigenvalue weighted by molar-refractivity contribution is -0.143. The third kappa shape index (κ3) is 3.00. The average Bonchev–Trinajstić information content (AvgIpc) is 3.11. The number of nitrogens with zero attached hydrogens (tertiary/aromatic N) is 2. The van der Waals surface area contributed by atoms with Crippen LogP contribution in [0.5, 0.6) is 0 Å². The van der Waals surface area contributed by atoms with E-state index in [9.17, 15) is 15.0 Å². The van der Waals surface area contributed by atoms with E-state index in [2.05, 4.69) is 4.98 Å². The maximum absolute atomic E-state index is 11.3. The molecule has 1 saturated heterocycles. The van der Waals surface area contributed by atoms with E-state index in [1.807, 2.05) is 12.1 Å². The van der Waals surface area contributed by atoms with Crippen molar-refractivity contribution in [1.82, 2.24) is 4.98 Å². The number of carbonyl (C=O) groups is 1. The van der Waals surface area contributed by atoms with Crippen molar-refractivity contribution in [2.45, 2.75) is 19.1 Å². The summed E-state index contributed by atoms with van der Waals surface area (Å²) < 4.78 is 5.58. The zero-order valence-electron chi connectivity index (χ0n) is 12.8. The van der Waals surface area contributed by atoms with Crippen LogP contribution in [0, 0.1) is 17.2 Å². The molecule has 24 heavy (non-hydrogen) atoms. The van der Waals surface area contributed by atoms with Gasteiger partial charge in [0.05, 0.1) is 30.3 Å². The second kappa shape index (κ2) is 6.79. The summed E-state index contributed by atoms with van der Waals surface area (Å²) in [6.45, 7) is 0.206. The van der Waals surface area contributed by atoms with Gasteiger partial charge >= 0.3 is 5.97 Å². The second-order valence-electron chi connectivity index (χ2n) is 5.67. The van der Waals surface area contributed by atoms with Gasteiger partial charge in [-0.05, 0) is 35.7 Å². The lowest BCUT2D eigenvalue weighted by Gasteiger charge is -2.16. The maximum atomic E-state index is 11.3. The number of ether oxygens (including phenoxy) is 1. The molecule has 1 aliphatic rings. The summed E-state index contributed by atoms with van der Waals surface area (Å²) in [5.41, 5.74) is 3.30. The number of hydrogen-bond acceptors (Lipinski definition) is 5. The average molecular weight is 324 g/mol. The predicted molar refractivity (Wildman–Crippen MR) is 84.7 cm³/mol. The van der Waals surface area contributed by atoms with Crippen molar-refractivity contribution < 1.29 is 19.7 Å². The fraction of sp³-hybridized carbons (Fsp3) is 0.278. The number of aromatic nitrogens is 1. The molecule has 2 N–H and O–H groups in total. The van der Waals surface area contributed by atoms with E-state index in [4.69, 9.17) is 10.00 Å². The highest BCUT2D eigenvalue weighted by Crippen LogP contribution is 2.36. The van der Waals surface area contributed by atoms with Crippen LogP contribution < -0.4 is 0 Å². The van der Waals surface area contributed by atoms with Gasteiger partial charge in [0.1, 0.15) is 0 Å². The van der Waals surface area contributed by atoms with Gasteiger partial charge in [0, 0.05) is 30.1 Å². The number of hydrogen-bond donors (Lipinski definition) is 2. The zero-order valence-corrected chi connectivity index (χ0v) is 12.8. The molecule has 6 heteroatoms. The second-order valence-corrected chi connectivity index (χ2v) is 5.67. The molecule has 2 heterocycles. The number of carboxylic acid groups (broad SMARTS) is 1. The van der Waals surface area contributed by atoms with Crippen LogP contribution in [0.3, 0.4) is 0 Å². The number of aliphatic hydroxyl groups is 1. The SMILES string of the molecule is N#Cc1ccc(-c2cncc([C@@H]3OCC[C@H]3C(=O)O)c2)c(CO)c1. The van der Waals surface area contributed by atoms with E-state index in [-0.39, 0.29) is 6.61 Å². The number of carboxylic acids is 1. The van der Waals surface area contributed by atoms with Gasteiger partial charge < -0.3 is 14.9 Å². The zero-order chi connectivity index (χ0) is 17.1. The van der Waals surface area contributed by atoms with Crippen LogP contribution in [0.15, 0.2) is 36.7 Å². The van der Waals surface area contributed by atoms with Crippen LogP contribution in [-0.2, 0) is 16.1 Å². The van der Waals surface area contributed by atoms with Gasteiger partial charge in [-0.25, -0.2) is 0 Å². The molecule has 1 fully saturated rings. The largest absolute Gasteiger partial charge is 0.481 e. The van der Waals surface area contributed by atoms with E-state index >= 15 is 0 Å². The Bertz CT molecular complexity index is 813. The quantitative estimate of drug-likeness (QED) is 0.894. The van der Waals surface area contributed by atoms with E-state index in [1.165, 1.54) is 0 Å². The Hall–Kier alpha value is -2.75. The number of nitriles is 1. The maximum Gasteiger partial charge on any atom is 0.309 e. The lowest BCUT2D eigenvalue weighted by Crippen LogP contribution is -2.17. The summed E-state index contributed by atoms with van der Waals surface area (Å²) in [6.07, 6.45) is 3.21. The molecule has 1 aromatic heterocycles. The van der Waals surface area contributed by atoms with Gasteiger partial charge in [-0.2, -0.15) is 5.26 Å². The molecule has 0 bridgehead atoms. The molecule has 122 valence electrons. The van der Waals surface area contributed by atoms with Gasteiger partial charge in [0.25, 0.3) is 0 Å². The molecule has 0 saturated carbocycles. The first kappa shape index (κ1) is 16.1. The van der Waals surface area contributed by atoms with Crippen molar-refractivity contribution in [2.75, 3.05) is 6.61 Å². The minimum absolute atomic E-state index is 0.202. The summed E-state index contributed by atoms with van der Waals surface area (Å²) in [5.74, 6) is -1.46. The van der Waals surface area contributed by atoms with Crippen LogP contribution in [-0.4, -0.2) is 27.8 Å². The molecule has 2 atom stereocenters. The van der Waals surface area contributed by atoms with Gasteiger partial charge in [0.15, 0.2) is 0 Å². The first-order valence-electron chi connectivity index (χ1n) is 7.57. The first-order chi connectivity index (χ1) is 11.6. The smallest absolute Gasteiger partial charge is 0.309 e. The molecular formula is C18H16N2O4. The molecule has 1 aliphatic heterocycles. The van der Waals surface area contributed by atoms with Crippen molar-refractivity contribution in [2.24, 2.45) is 5.92 Å². The highest BCUT2D eigenvalue weighted by molar-refractivity contribution is 5.72. The van der Waals surface area contributed by atoms with Crippen LogP contribution in [0.2, 0.25) is 0 Å². The molecule has 0 unspecified atom stereocenters. The van der Waals surface area contributed by atoms with Crippen molar-refractivity contribution in [3.05, 3.63) is 53.3 Å². The van der Waals surface area contributed by atoms with Crippen LogP contribution >= 0.6 is 0 Å². The molecule has 0 amide bonds. The van der Waals surface area contributed by atoms with Gasteiger partial charge in [0.2, 0.25) is 0 Å². The van der Waals surface area contributed by atoms with Crippen molar-refractivity contribution >= 4 is 5.97 Å². The predicted octanol–water partition coefficient (Wildman–Crippen LogP) is 2.27. The van der Waals surface area contributed by atoms with Gasteiger partial charge in [-0.1, -0.05) is 6.07 Å². The number of benzene rings is 1. The Morgan fingerprint density at radius 3 is 2.92 bits per heavy atom. The molecule has 6 nitrogen and oxygen atoms in total. The first-order valence-corrected chi connectivity index (χ1v) is 7.57. The van der Waals surface area contributed by atoms with Gasteiger partial charge in [-0.3, -0.25) is 9.78 Å². The van der Waals surface area contributed by atoms with Crippen LogP contribution in [0.4, 0.5) is 0 Å². The third-order valence-electron chi connectivity index (χ3n) is 4.21. The lowest BCUT2D eigenvalue weighted by atomic mass is 9.93. The molecule has 1 aromatic carbocycles. The van der Waals surface area contributed by atoms with E-state index in [0.717, 1.165) is 11.1 Å². The molecular weight excluding hydrogens is 308 g/mol. The molecule has 3 rings (SSSR count). The highest BCUT2D eigenvalue weighted by Gasteiger charge is 2.35. The summed E-state index contributed by atoms with van der Waals surface area (Å²) in [5, 5.41) is 27.8. The Labute approximate surface area is 139 Å². The van der Waals surface area contributed by atoms with Crippen molar-refractivity contribution in [1.29, 1.82) is 5.26 Å². The van der Waals surface area contributed by atoms with E-state index in [1.54, 1.807) is 30.6 Å². The summed E-state index contributed by atoms with van der Waals surface area (Å²) >= 11 is 0. The normalized spacial score (nSPS) is 19.8. The third-order valence-corrected chi connectivity index (χ3v) is 4.21. The van der Waals surface area contributed by atoms with Gasteiger partial charge in [-0.15, -0.1) is 0 Å². The Morgan fingerprint density at radius 2 is 2.21 bits per heavy atom. The standard InChI is InChI=1S/C18H16N2O4/c19-7-11-1-2-15(14(5-11)10-21)12-6-13(9-20-8-12)17-16(18(22)23)3-4-24-17/h1-2,5-6,8-9,16-17,21H,3-4,10H2,(H,22,23)/t16-,17+/m1/s1. The monoisotopic (exact) mass is 324 g/mol. The van der Waals surface area contributed by atoms with E-state index in [0.29, 0.717) is 29.7 Å². The van der Waals surface area contributed by atoms with Crippen molar-refractivity contribution in [3.8, 4) is 17.2 Å². The minimum Gasteiger partial charge on any atom is -0.481 e. The molecule has 0 aliphatic carbocycles. The van der Waals surface area contributed by atoms with E-state index < -0.39 is 18.0 Å². The minimum atomic E-state index is -0.877. The Morgan fingerprint density at radius 1 is 1.38 bits per heavy atom. The van der Waals surface area contributed by atoms with Crippen LogP contribution in [0.1, 0.15) is 29.2 Å². The van der Waals surface area contributed by atoms with Crippen molar-refractivity contribution in [3.63, 3.8) is 0 Å². The summed E-state index contributed by atoms with van der Waals surface area (Å²) in [7, 11) is 0. The topological polar surface area (TPSA) is 103 Å². The molecule has 0 radical (unpaired) electrons. The number of rotatable bonds is 4. The summed E-state index contributed by atoms with van der Waals surface area (Å²) in [6, 6.07) is 8.94. The highest BCUT2D eigenvalue weighted by atomic mass is 16.5. The Kier molecular flexibility index (Phi) is 4.56.